The zero-order valence-electron chi connectivity index (χ0n) is 9.38. The lowest BCUT2D eigenvalue weighted by atomic mass is 9.88. The fourth-order valence-electron chi connectivity index (χ4n) is 1.80. The van der Waals surface area contributed by atoms with Crippen LogP contribution < -0.4 is 0 Å². The van der Waals surface area contributed by atoms with Crippen molar-refractivity contribution in [1.82, 2.24) is 0 Å². The molecule has 1 aliphatic carbocycles. The number of hydrogen-bond donors (Lipinski definition) is 2. The van der Waals surface area contributed by atoms with Crippen LogP contribution in [0.4, 0.5) is 8.78 Å². The van der Waals surface area contributed by atoms with Crippen LogP contribution in [0.3, 0.4) is 0 Å². The number of aliphatic hydroxyl groups is 1. The molecular weight excluding hydrogens is 274 g/mol. The molecular formula is C9H14F2O6S. The molecule has 0 bridgehead atoms. The van der Waals surface area contributed by atoms with E-state index in [9.17, 15) is 27.1 Å². The number of ether oxygens (including phenoxy) is 1. The molecule has 1 saturated carbocycles. The molecule has 0 aliphatic heterocycles. The second kappa shape index (κ2) is 5.45. The van der Waals surface area contributed by atoms with Gasteiger partial charge in [0.05, 0.1) is 12.7 Å². The van der Waals surface area contributed by atoms with Crippen LogP contribution in [0.5, 0.6) is 0 Å². The summed E-state index contributed by atoms with van der Waals surface area (Å²) < 4.78 is 58.5. The van der Waals surface area contributed by atoms with E-state index in [1.807, 2.05) is 0 Å². The molecule has 6 nitrogen and oxygen atoms in total. The van der Waals surface area contributed by atoms with Gasteiger partial charge in [0.15, 0.2) is 0 Å². The average molecular weight is 288 g/mol. The van der Waals surface area contributed by atoms with Crippen LogP contribution in [0.1, 0.15) is 25.7 Å². The van der Waals surface area contributed by atoms with Gasteiger partial charge in [-0.05, 0) is 25.2 Å². The lowest BCUT2D eigenvalue weighted by molar-refractivity contribution is -0.163. The molecule has 9 heteroatoms. The highest BCUT2D eigenvalue weighted by Gasteiger charge is 2.54. The Morgan fingerprint density at radius 3 is 2.50 bits per heavy atom. The van der Waals surface area contributed by atoms with Crippen molar-refractivity contribution >= 4 is 16.1 Å². The topological polar surface area (TPSA) is 101 Å². The van der Waals surface area contributed by atoms with Gasteiger partial charge >= 0.3 is 21.3 Å². The van der Waals surface area contributed by atoms with Crippen molar-refractivity contribution < 1.29 is 36.4 Å². The fraction of sp³-hybridized carbons (Fsp3) is 0.889. The lowest BCUT2D eigenvalue weighted by Crippen LogP contribution is -2.40. The van der Waals surface area contributed by atoms with E-state index in [4.69, 9.17) is 4.55 Å². The largest absolute Gasteiger partial charge is 0.465 e. The van der Waals surface area contributed by atoms with Gasteiger partial charge in [-0.15, -0.1) is 0 Å². The fourth-order valence-corrected chi connectivity index (χ4v) is 2.07. The monoisotopic (exact) mass is 288 g/mol. The highest BCUT2D eigenvalue weighted by molar-refractivity contribution is 7.87. The van der Waals surface area contributed by atoms with Crippen LogP contribution in [0.2, 0.25) is 0 Å². The molecule has 1 rings (SSSR count). The standard InChI is InChI=1S/C9H14F2O6S/c10-9(11,18(14,15)16)8(13)17-5-6-2-1-3-7(12)4-6/h6-7,12H,1-5H2,(H,14,15,16). The van der Waals surface area contributed by atoms with Crippen molar-refractivity contribution in [2.45, 2.75) is 37.0 Å². The van der Waals surface area contributed by atoms with Gasteiger partial charge in [0.25, 0.3) is 0 Å². The van der Waals surface area contributed by atoms with Crippen LogP contribution in [-0.2, 0) is 19.6 Å². The second-order valence-corrected chi connectivity index (χ2v) is 5.74. The highest BCUT2D eigenvalue weighted by atomic mass is 32.2. The first-order valence-electron chi connectivity index (χ1n) is 5.34. The maximum atomic E-state index is 12.8. The van der Waals surface area contributed by atoms with Gasteiger partial charge in [-0.2, -0.15) is 17.2 Å². The molecule has 106 valence electrons. The summed E-state index contributed by atoms with van der Waals surface area (Å²) in [6.45, 7) is -0.402. The Morgan fingerprint density at radius 2 is 2.00 bits per heavy atom. The van der Waals surface area contributed by atoms with E-state index in [0.29, 0.717) is 25.7 Å². The molecule has 2 unspecified atom stereocenters. The number of rotatable bonds is 4. The molecule has 0 aromatic heterocycles. The third-order valence-corrected chi connectivity index (χ3v) is 3.58. The molecule has 1 aliphatic rings. The normalized spacial score (nSPS) is 25.8. The molecule has 0 aromatic rings. The van der Waals surface area contributed by atoms with Crippen molar-refractivity contribution in [3.8, 4) is 0 Å². The molecule has 0 saturated heterocycles. The maximum absolute atomic E-state index is 12.8. The number of aliphatic hydroxyl groups excluding tert-OH is 1. The molecule has 0 aromatic carbocycles. The Balaban J connectivity index is 2.51. The van der Waals surface area contributed by atoms with E-state index < -0.39 is 34.1 Å². The van der Waals surface area contributed by atoms with E-state index in [0.717, 1.165) is 0 Å². The Kier molecular flexibility index (Phi) is 4.62. The third kappa shape index (κ3) is 3.59. The maximum Gasteiger partial charge on any atom is 0.465 e. The van der Waals surface area contributed by atoms with Crippen molar-refractivity contribution in [1.29, 1.82) is 0 Å². The van der Waals surface area contributed by atoms with E-state index in [-0.39, 0.29) is 5.92 Å². The number of alkyl halides is 2. The summed E-state index contributed by atoms with van der Waals surface area (Å²) >= 11 is 0. The average Bonchev–Trinajstić information content (AvgIpc) is 2.24. The minimum atomic E-state index is -5.82. The Hall–Kier alpha value is -0.800. The minimum absolute atomic E-state index is 0.283. The summed E-state index contributed by atoms with van der Waals surface area (Å²) in [7, 11) is -5.82. The first kappa shape index (κ1) is 15.3. The first-order chi connectivity index (χ1) is 8.14. The van der Waals surface area contributed by atoms with Gasteiger partial charge in [-0.25, -0.2) is 4.79 Å². The number of esters is 1. The smallest absolute Gasteiger partial charge is 0.460 e. The van der Waals surface area contributed by atoms with Crippen LogP contribution in [0.15, 0.2) is 0 Å². The van der Waals surface area contributed by atoms with E-state index in [1.165, 1.54) is 0 Å². The summed E-state index contributed by atoms with van der Waals surface area (Å²) in [5.41, 5.74) is 0. The van der Waals surface area contributed by atoms with Gasteiger partial charge in [-0.3, -0.25) is 4.55 Å². The summed E-state index contributed by atoms with van der Waals surface area (Å²) in [6, 6.07) is 0. The molecule has 2 N–H and O–H groups in total. The van der Waals surface area contributed by atoms with Gasteiger partial charge < -0.3 is 9.84 Å². The molecule has 1 fully saturated rings. The molecule has 0 radical (unpaired) electrons. The van der Waals surface area contributed by atoms with Crippen LogP contribution in [0.25, 0.3) is 0 Å². The van der Waals surface area contributed by atoms with E-state index >= 15 is 0 Å². The highest BCUT2D eigenvalue weighted by Crippen LogP contribution is 2.26. The second-order valence-electron chi connectivity index (χ2n) is 4.28. The molecule has 18 heavy (non-hydrogen) atoms. The van der Waals surface area contributed by atoms with Crippen molar-refractivity contribution in [3.05, 3.63) is 0 Å². The van der Waals surface area contributed by atoms with E-state index in [1.54, 1.807) is 0 Å². The summed E-state index contributed by atoms with van der Waals surface area (Å²) in [6.07, 6.45) is 1.63. The van der Waals surface area contributed by atoms with Crippen molar-refractivity contribution in [2.75, 3.05) is 6.61 Å². The molecule has 2 atom stereocenters. The quantitative estimate of drug-likeness (QED) is 0.579. The molecule has 0 heterocycles. The van der Waals surface area contributed by atoms with Crippen LogP contribution >= 0.6 is 0 Å². The van der Waals surface area contributed by atoms with Crippen molar-refractivity contribution in [3.63, 3.8) is 0 Å². The predicted octanol–water partition coefficient (Wildman–Crippen LogP) is 0.561. The Morgan fingerprint density at radius 1 is 1.39 bits per heavy atom. The van der Waals surface area contributed by atoms with Gasteiger partial charge in [0.2, 0.25) is 0 Å². The molecule has 0 spiro atoms. The summed E-state index contributed by atoms with van der Waals surface area (Å²) in [5, 5.41) is 4.35. The Labute approximate surface area is 103 Å². The van der Waals surface area contributed by atoms with Gasteiger partial charge in [0, 0.05) is 0 Å². The summed E-state index contributed by atoms with van der Waals surface area (Å²) in [4.78, 5) is 10.9. The number of carbonyl (C=O) groups is 1. The zero-order valence-corrected chi connectivity index (χ0v) is 10.2. The predicted molar refractivity (Wildman–Crippen MR) is 55.4 cm³/mol. The minimum Gasteiger partial charge on any atom is -0.460 e. The van der Waals surface area contributed by atoms with Gasteiger partial charge in [0.1, 0.15) is 0 Å². The summed E-state index contributed by atoms with van der Waals surface area (Å²) in [5.74, 6) is -2.58. The zero-order chi connectivity index (χ0) is 14.0. The first-order valence-corrected chi connectivity index (χ1v) is 6.78. The Bertz CT molecular complexity index is 407. The third-order valence-electron chi connectivity index (χ3n) is 2.77. The number of carbonyl (C=O) groups excluding carboxylic acids is 1. The van der Waals surface area contributed by atoms with Crippen LogP contribution in [0, 0.1) is 5.92 Å². The van der Waals surface area contributed by atoms with E-state index in [2.05, 4.69) is 4.74 Å². The lowest BCUT2D eigenvalue weighted by Gasteiger charge is -2.25. The van der Waals surface area contributed by atoms with Crippen LogP contribution in [-0.4, -0.2) is 42.0 Å². The number of halogens is 2. The SMILES string of the molecule is O=C(OCC1CCCC(O)C1)C(F)(F)S(=O)(=O)O. The number of hydrogen-bond acceptors (Lipinski definition) is 5. The van der Waals surface area contributed by atoms with Crippen molar-refractivity contribution in [2.24, 2.45) is 5.92 Å². The van der Waals surface area contributed by atoms with Gasteiger partial charge in [-0.1, -0.05) is 6.42 Å². The molecule has 0 amide bonds.